The van der Waals surface area contributed by atoms with Crippen molar-refractivity contribution < 1.29 is 4.42 Å². The Bertz CT molecular complexity index is 3120. The van der Waals surface area contributed by atoms with Crippen LogP contribution >= 0.6 is 0 Å². The molecule has 9 aromatic carbocycles. The average Bonchev–Trinajstić information content (AvgIpc) is 3.63. The fourth-order valence-electron chi connectivity index (χ4n) is 8.19. The van der Waals surface area contributed by atoms with E-state index in [1.165, 1.54) is 43.1 Å². The van der Waals surface area contributed by atoms with Crippen molar-refractivity contribution in [1.29, 1.82) is 0 Å². The number of benzene rings is 9. The molecule has 248 valence electrons. The van der Waals surface area contributed by atoms with E-state index in [4.69, 9.17) is 14.4 Å². The van der Waals surface area contributed by atoms with Crippen LogP contribution in [-0.2, 0) is 0 Å². The quantitative estimate of drug-likeness (QED) is 0.189. The van der Waals surface area contributed by atoms with E-state index in [0.717, 1.165) is 55.6 Å². The van der Waals surface area contributed by atoms with Crippen LogP contribution in [0.3, 0.4) is 0 Å². The van der Waals surface area contributed by atoms with Crippen LogP contribution in [0.1, 0.15) is 22.9 Å². The van der Waals surface area contributed by atoms with Gasteiger partial charge in [0.15, 0.2) is 5.84 Å². The Hall–Kier alpha value is -7.04. The smallest absolute Gasteiger partial charge is 0.159 e. The number of hydrogen-bond acceptors (Lipinski definition) is 4. The van der Waals surface area contributed by atoms with Gasteiger partial charge in [0.25, 0.3) is 0 Å². The minimum Gasteiger partial charge on any atom is -0.455 e. The fourth-order valence-corrected chi connectivity index (χ4v) is 8.19. The summed E-state index contributed by atoms with van der Waals surface area (Å²) in [5, 5.41) is 15.7. The number of rotatable bonds is 4. The topological polar surface area (TPSA) is 49.9 Å². The summed E-state index contributed by atoms with van der Waals surface area (Å²) in [5.74, 6) is 1.48. The number of hydrogen-bond donors (Lipinski definition) is 1. The van der Waals surface area contributed by atoms with Crippen LogP contribution in [0.15, 0.2) is 190 Å². The lowest BCUT2D eigenvalue weighted by Gasteiger charge is -2.24. The van der Waals surface area contributed by atoms with Gasteiger partial charge in [0.05, 0.1) is 0 Å². The number of aliphatic imine (C=N–C) groups is 2. The molecule has 2 heterocycles. The van der Waals surface area contributed by atoms with Crippen LogP contribution in [0, 0.1) is 0 Å². The maximum Gasteiger partial charge on any atom is 0.159 e. The second-order valence-electron chi connectivity index (χ2n) is 13.7. The molecule has 0 spiro atoms. The molecule has 1 aromatic heterocycles. The Morgan fingerprint density at radius 1 is 0.453 bits per heavy atom. The summed E-state index contributed by atoms with van der Waals surface area (Å²) < 4.78 is 6.80. The Morgan fingerprint density at radius 3 is 1.85 bits per heavy atom. The molecule has 1 aliphatic heterocycles. The van der Waals surface area contributed by atoms with Gasteiger partial charge in [-0.15, -0.1) is 0 Å². The van der Waals surface area contributed by atoms with Gasteiger partial charge >= 0.3 is 0 Å². The zero-order chi connectivity index (χ0) is 34.9. The number of para-hydroxylation sites is 1. The maximum atomic E-state index is 6.80. The molecule has 11 rings (SSSR count). The number of nitrogens with zero attached hydrogens (tertiary/aromatic N) is 2. The van der Waals surface area contributed by atoms with E-state index >= 15 is 0 Å². The highest BCUT2D eigenvalue weighted by molar-refractivity contribution is 6.26. The van der Waals surface area contributed by atoms with Crippen LogP contribution in [-0.4, -0.2) is 11.7 Å². The van der Waals surface area contributed by atoms with Crippen molar-refractivity contribution >= 4 is 76.7 Å². The van der Waals surface area contributed by atoms with Crippen LogP contribution in [0.2, 0.25) is 0 Å². The van der Waals surface area contributed by atoms with Gasteiger partial charge in [-0.25, -0.2) is 9.98 Å². The normalized spacial score (nSPS) is 14.6. The van der Waals surface area contributed by atoms with E-state index in [1.54, 1.807) is 0 Å². The van der Waals surface area contributed by atoms with Crippen LogP contribution < -0.4 is 5.32 Å². The van der Waals surface area contributed by atoms with E-state index in [1.807, 2.05) is 24.3 Å². The first-order valence-corrected chi connectivity index (χ1v) is 18.0. The third-order valence-electron chi connectivity index (χ3n) is 10.7. The molecule has 0 fully saturated rings. The van der Waals surface area contributed by atoms with Gasteiger partial charge in [-0.1, -0.05) is 158 Å². The van der Waals surface area contributed by atoms with Crippen molar-refractivity contribution in [2.45, 2.75) is 6.17 Å². The molecular weight excluding hydrogens is 647 g/mol. The molecule has 0 saturated heterocycles. The number of amidine groups is 2. The molecule has 4 heteroatoms. The standard InChI is InChI=1S/C49H31N3O/c1-2-13-31(14-3-1)47-50-48(34-23-22-30-12-4-5-15-32(30)28-34)52-49(51-47)42-27-26-35(46-45(42)41-20-10-11-21-44(41)53-46)33-24-25-40-38-18-7-6-16-36(38)37-17-8-9-19-39(37)43(40)29-33/h1-29,49H,(H,50,51,52). The van der Waals surface area contributed by atoms with Gasteiger partial charge in [-0.2, -0.15) is 0 Å². The Kier molecular flexibility index (Phi) is 6.58. The molecule has 10 aromatic rings. The van der Waals surface area contributed by atoms with Gasteiger partial charge in [0.1, 0.15) is 23.2 Å². The summed E-state index contributed by atoms with van der Waals surface area (Å²) in [6, 6.07) is 62.2. The molecule has 0 radical (unpaired) electrons. The van der Waals surface area contributed by atoms with E-state index < -0.39 is 6.17 Å². The fraction of sp³-hybridized carbons (Fsp3) is 0.0204. The Balaban J connectivity index is 1.12. The zero-order valence-corrected chi connectivity index (χ0v) is 28.6. The van der Waals surface area contributed by atoms with E-state index in [0.29, 0.717) is 5.84 Å². The Morgan fingerprint density at radius 2 is 1.08 bits per heavy atom. The van der Waals surface area contributed by atoms with E-state index in [9.17, 15) is 0 Å². The third-order valence-corrected chi connectivity index (χ3v) is 10.7. The third kappa shape index (κ3) is 4.77. The van der Waals surface area contributed by atoms with Gasteiger partial charge in [0.2, 0.25) is 0 Å². The average molecular weight is 678 g/mol. The summed E-state index contributed by atoms with van der Waals surface area (Å²) in [6.07, 6.45) is -0.409. The lowest BCUT2D eigenvalue weighted by molar-refractivity contribution is 0.663. The van der Waals surface area contributed by atoms with Crippen LogP contribution in [0.25, 0.3) is 76.2 Å². The maximum absolute atomic E-state index is 6.80. The number of nitrogens with one attached hydrogen (secondary N) is 1. The van der Waals surface area contributed by atoms with E-state index in [-0.39, 0.29) is 0 Å². The summed E-state index contributed by atoms with van der Waals surface area (Å²) in [6.45, 7) is 0. The van der Waals surface area contributed by atoms with Gasteiger partial charge in [-0.05, 0) is 66.9 Å². The zero-order valence-electron chi connectivity index (χ0n) is 28.6. The minimum atomic E-state index is -0.409. The number of fused-ring (bicyclic) bond motifs is 10. The molecule has 0 bridgehead atoms. The van der Waals surface area contributed by atoms with Crippen LogP contribution in [0.4, 0.5) is 0 Å². The first-order valence-electron chi connectivity index (χ1n) is 18.0. The molecule has 0 aliphatic carbocycles. The molecular formula is C49H31N3O. The largest absolute Gasteiger partial charge is 0.455 e. The van der Waals surface area contributed by atoms with Crippen molar-refractivity contribution in [1.82, 2.24) is 5.32 Å². The summed E-state index contributed by atoms with van der Waals surface area (Å²) in [4.78, 5) is 10.4. The second kappa shape index (κ2) is 11.8. The molecule has 0 saturated carbocycles. The monoisotopic (exact) mass is 677 g/mol. The van der Waals surface area contributed by atoms with Gasteiger partial charge in [0, 0.05) is 33.0 Å². The summed E-state index contributed by atoms with van der Waals surface area (Å²) in [5.41, 5.74) is 6.87. The van der Waals surface area contributed by atoms with Crippen molar-refractivity contribution in [3.8, 4) is 11.1 Å². The van der Waals surface area contributed by atoms with Gasteiger partial charge < -0.3 is 9.73 Å². The summed E-state index contributed by atoms with van der Waals surface area (Å²) >= 11 is 0. The van der Waals surface area contributed by atoms with Crippen molar-refractivity contribution in [2.75, 3.05) is 0 Å². The van der Waals surface area contributed by atoms with Crippen LogP contribution in [0.5, 0.6) is 0 Å². The molecule has 53 heavy (non-hydrogen) atoms. The number of furan rings is 1. The second-order valence-corrected chi connectivity index (χ2v) is 13.7. The van der Waals surface area contributed by atoms with Gasteiger partial charge in [-0.3, -0.25) is 0 Å². The highest BCUT2D eigenvalue weighted by Crippen LogP contribution is 2.43. The predicted molar refractivity (Wildman–Crippen MR) is 221 cm³/mol. The first-order chi connectivity index (χ1) is 26.3. The molecule has 1 aliphatic rings. The van der Waals surface area contributed by atoms with Crippen molar-refractivity contribution in [3.63, 3.8) is 0 Å². The Labute approximate surface area is 305 Å². The predicted octanol–water partition coefficient (Wildman–Crippen LogP) is 12.4. The highest BCUT2D eigenvalue weighted by atomic mass is 16.3. The minimum absolute atomic E-state index is 0.409. The molecule has 1 atom stereocenters. The molecule has 0 amide bonds. The first kappa shape index (κ1) is 29.7. The lowest BCUT2D eigenvalue weighted by Crippen LogP contribution is -2.33. The van der Waals surface area contributed by atoms with Crippen molar-refractivity contribution in [2.24, 2.45) is 9.98 Å². The molecule has 4 nitrogen and oxygen atoms in total. The molecule has 1 unspecified atom stereocenters. The van der Waals surface area contributed by atoms with E-state index in [2.05, 4.69) is 157 Å². The summed E-state index contributed by atoms with van der Waals surface area (Å²) in [7, 11) is 0. The highest BCUT2D eigenvalue weighted by Gasteiger charge is 2.26. The lowest BCUT2D eigenvalue weighted by atomic mass is 9.91. The SMILES string of the molecule is c1ccc(C2=NC(c3ccc(-c4ccc5c6ccccc6c6ccccc6c5c4)c4oc5ccccc5c34)NC(c3ccc4ccccc4c3)=N2)cc1. The molecule has 1 N–H and O–H groups in total. The van der Waals surface area contributed by atoms with Crippen molar-refractivity contribution in [3.05, 3.63) is 193 Å².